The van der Waals surface area contributed by atoms with Crippen molar-refractivity contribution in [2.75, 3.05) is 0 Å². The van der Waals surface area contributed by atoms with Gasteiger partial charge in [0.2, 0.25) is 9.04 Å². The molecular weight excluding hydrogens is 140 g/mol. The molecule has 0 aromatic carbocycles. The van der Waals surface area contributed by atoms with E-state index in [9.17, 15) is 0 Å². The first-order chi connectivity index (χ1) is 4.49. The van der Waals surface area contributed by atoms with Gasteiger partial charge in [0.1, 0.15) is 0 Å². The van der Waals surface area contributed by atoms with E-state index in [-0.39, 0.29) is 5.60 Å². The highest BCUT2D eigenvalue weighted by Crippen LogP contribution is 2.09. The van der Waals surface area contributed by atoms with Crippen molar-refractivity contribution in [2.45, 2.75) is 26.4 Å². The maximum absolute atomic E-state index is 5.64. The summed E-state index contributed by atoms with van der Waals surface area (Å²) >= 11 is 0. The highest BCUT2D eigenvalue weighted by molar-refractivity contribution is 6.62. The predicted molar refractivity (Wildman–Crippen MR) is 48.4 cm³/mol. The van der Waals surface area contributed by atoms with Gasteiger partial charge < -0.3 is 4.43 Å². The van der Waals surface area contributed by atoms with Crippen LogP contribution in [0.2, 0.25) is 0 Å². The summed E-state index contributed by atoms with van der Waals surface area (Å²) < 4.78 is 5.64. The molecule has 0 amide bonds. The average Bonchev–Trinajstić information content (AvgIpc) is 1.81. The fraction of sp³-hybridized carbons (Fsp3) is 0.500. The Balaban J connectivity index is 3.85. The minimum absolute atomic E-state index is 0.0563. The molecule has 0 radical (unpaired) electrons. The van der Waals surface area contributed by atoms with Crippen molar-refractivity contribution in [3.05, 3.63) is 24.6 Å². The van der Waals surface area contributed by atoms with E-state index in [1.165, 1.54) is 0 Å². The zero-order valence-electron chi connectivity index (χ0n) is 7.05. The van der Waals surface area contributed by atoms with Crippen molar-refractivity contribution in [1.29, 1.82) is 0 Å². The van der Waals surface area contributed by atoms with Crippen LogP contribution in [-0.2, 0) is 4.43 Å². The zero-order chi connectivity index (χ0) is 8.20. The fourth-order valence-corrected chi connectivity index (χ4v) is 1.80. The van der Waals surface area contributed by atoms with Crippen LogP contribution >= 0.6 is 0 Å². The highest BCUT2D eigenvalue weighted by Gasteiger charge is 2.14. The van der Waals surface area contributed by atoms with Gasteiger partial charge in [-0.15, -0.1) is 13.2 Å². The minimum atomic E-state index is -1.29. The zero-order valence-corrected chi connectivity index (χ0v) is 8.21. The molecule has 0 saturated heterocycles. The van der Waals surface area contributed by atoms with Gasteiger partial charge in [-0.1, -0.05) is 11.4 Å². The highest BCUT2D eigenvalue weighted by atomic mass is 28.3. The lowest BCUT2D eigenvalue weighted by molar-refractivity contribution is 0.135. The summed E-state index contributed by atoms with van der Waals surface area (Å²) in [5, 5.41) is 0. The number of hydrogen-bond donors (Lipinski definition) is 0. The van der Waals surface area contributed by atoms with Crippen LogP contribution in [0.1, 0.15) is 20.8 Å². The molecule has 1 nitrogen and oxygen atoms in total. The molecule has 0 atom stereocenters. The van der Waals surface area contributed by atoms with Crippen LogP contribution in [0.15, 0.2) is 24.6 Å². The second kappa shape index (κ2) is 3.74. The molecule has 0 fully saturated rings. The Morgan fingerprint density at radius 2 is 1.60 bits per heavy atom. The first-order valence-electron chi connectivity index (χ1n) is 3.42. The first kappa shape index (κ1) is 9.66. The van der Waals surface area contributed by atoms with Gasteiger partial charge in [0.15, 0.2) is 0 Å². The predicted octanol–water partition coefficient (Wildman–Crippen LogP) is 1.98. The van der Waals surface area contributed by atoms with Gasteiger partial charge >= 0.3 is 0 Å². The molecule has 2 heteroatoms. The van der Waals surface area contributed by atoms with E-state index in [2.05, 4.69) is 13.2 Å². The maximum atomic E-state index is 5.64. The van der Waals surface area contributed by atoms with Crippen LogP contribution in [0.25, 0.3) is 0 Å². The van der Waals surface area contributed by atoms with Gasteiger partial charge in [-0.25, -0.2) is 0 Å². The number of rotatable bonds is 3. The fourth-order valence-electron chi connectivity index (χ4n) is 0.601. The van der Waals surface area contributed by atoms with Crippen molar-refractivity contribution in [2.24, 2.45) is 0 Å². The second-order valence-electron chi connectivity index (χ2n) is 3.17. The minimum Gasteiger partial charge on any atom is -0.408 e. The van der Waals surface area contributed by atoms with Gasteiger partial charge in [0.25, 0.3) is 0 Å². The van der Waals surface area contributed by atoms with Gasteiger partial charge in [-0.05, 0) is 20.8 Å². The Labute approximate surface area is 65.1 Å². The molecule has 0 aliphatic heterocycles. The monoisotopic (exact) mass is 156 g/mol. The average molecular weight is 156 g/mol. The molecule has 0 N–H and O–H groups in total. The van der Waals surface area contributed by atoms with Crippen molar-refractivity contribution in [3.63, 3.8) is 0 Å². The lowest BCUT2D eigenvalue weighted by Gasteiger charge is -2.22. The molecule has 0 spiro atoms. The SMILES string of the molecule is C=C[SiH](C=C)OC(C)(C)C. The van der Waals surface area contributed by atoms with E-state index in [0.717, 1.165) is 0 Å². The Morgan fingerprint density at radius 3 is 1.70 bits per heavy atom. The maximum Gasteiger partial charge on any atom is 0.225 e. The molecule has 0 saturated carbocycles. The summed E-state index contributed by atoms with van der Waals surface area (Å²) in [7, 11) is -1.29. The van der Waals surface area contributed by atoms with Crippen LogP contribution in [0, 0.1) is 0 Å². The van der Waals surface area contributed by atoms with Crippen LogP contribution in [0.5, 0.6) is 0 Å². The summed E-state index contributed by atoms with van der Waals surface area (Å²) in [4.78, 5) is 0. The van der Waals surface area contributed by atoms with Crippen molar-refractivity contribution in [1.82, 2.24) is 0 Å². The quantitative estimate of drug-likeness (QED) is 0.568. The third-order valence-corrected chi connectivity index (χ3v) is 2.86. The molecule has 0 aromatic heterocycles. The molecule has 0 aliphatic rings. The summed E-state index contributed by atoms with van der Waals surface area (Å²) in [5.41, 5.74) is 3.69. The Morgan fingerprint density at radius 1 is 1.20 bits per heavy atom. The third kappa shape index (κ3) is 4.53. The lowest BCUT2D eigenvalue weighted by Crippen LogP contribution is -2.27. The largest absolute Gasteiger partial charge is 0.408 e. The lowest BCUT2D eigenvalue weighted by atomic mass is 10.2. The van der Waals surface area contributed by atoms with Gasteiger partial charge in [-0.2, -0.15) is 0 Å². The van der Waals surface area contributed by atoms with E-state index in [0.29, 0.717) is 0 Å². The van der Waals surface area contributed by atoms with Gasteiger partial charge in [-0.3, -0.25) is 0 Å². The molecule has 0 aliphatic carbocycles. The summed E-state index contributed by atoms with van der Waals surface area (Å²) in [6, 6.07) is 0. The standard InChI is InChI=1S/C8H16OSi/c1-6-10(7-2)9-8(3,4)5/h6-7,10H,1-2H2,3-5H3. The van der Waals surface area contributed by atoms with Gasteiger partial charge in [0, 0.05) is 5.60 Å². The smallest absolute Gasteiger partial charge is 0.225 e. The normalized spacial score (nSPS) is 11.6. The summed E-state index contributed by atoms with van der Waals surface area (Å²) in [6.45, 7) is 13.5. The van der Waals surface area contributed by atoms with Crippen LogP contribution in [0.3, 0.4) is 0 Å². The van der Waals surface area contributed by atoms with Crippen molar-refractivity contribution in [3.8, 4) is 0 Å². The van der Waals surface area contributed by atoms with Crippen molar-refractivity contribution >= 4 is 9.04 Å². The molecule has 0 bridgehead atoms. The van der Waals surface area contributed by atoms with E-state index in [4.69, 9.17) is 4.43 Å². The van der Waals surface area contributed by atoms with E-state index in [1.807, 2.05) is 32.2 Å². The Bertz CT molecular complexity index is 116. The molecule has 0 aromatic rings. The van der Waals surface area contributed by atoms with Crippen LogP contribution in [0.4, 0.5) is 0 Å². The molecular formula is C8H16OSi. The van der Waals surface area contributed by atoms with Crippen LogP contribution in [-0.4, -0.2) is 14.6 Å². The Kier molecular flexibility index (Phi) is 3.61. The molecule has 0 unspecified atom stereocenters. The third-order valence-electron chi connectivity index (χ3n) is 0.954. The summed E-state index contributed by atoms with van der Waals surface area (Å²) in [5.74, 6) is 0. The topological polar surface area (TPSA) is 9.23 Å². The molecule has 58 valence electrons. The van der Waals surface area contributed by atoms with Crippen molar-refractivity contribution < 1.29 is 4.43 Å². The van der Waals surface area contributed by atoms with Crippen LogP contribution < -0.4 is 0 Å². The molecule has 10 heavy (non-hydrogen) atoms. The number of hydrogen-bond acceptors (Lipinski definition) is 1. The second-order valence-corrected chi connectivity index (χ2v) is 5.27. The van der Waals surface area contributed by atoms with E-state index < -0.39 is 9.04 Å². The molecule has 0 heterocycles. The molecule has 0 rings (SSSR count). The van der Waals surface area contributed by atoms with E-state index in [1.54, 1.807) is 0 Å². The van der Waals surface area contributed by atoms with Gasteiger partial charge in [0.05, 0.1) is 0 Å². The van der Waals surface area contributed by atoms with E-state index >= 15 is 0 Å². The summed E-state index contributed by atoms with van der Waals surface area (Å²) in [6.07, 6.45) is 0. The first-order valence-corrected chi connectivity index (χ1v) is 5.23. The Hall–Kier alpha value is -0.343.